The quantitative estimate of drug-likeness (QED) is 0.849. The number of aromatic nitrogens is 2. The number of methoxy groups -OCH3 is 1. The van der Waals surface area contributed by atoms with Crippen molar-refractivity contribution in [1.29, 1.82) is 0 Å². The van der Waals surface area contributed by atoms with Crippen LogP contribution in [0.5, 0.6) is 5.75 Å². The van der Waals surface area contributed by atoms with Crippen molar-refractivity contribution in [3.63, 3.8) is 0 Å². The molecule has 0 saturated carbocycles. The molecule has 2 aliphatic heterocycles. The fourth-order valence-corrected chi connectivity index (χ4v) is 3.26. The van der Waals surface area contributed by atoms with Crippen LogP contribution in [0.15, 0.2) is 6.33 Å². The number of ether oxygens (including phenoxy) is 1. The fraction of sp³-hybridized carbons (Fsp3) is 0.692. The van der Waals surface area contributed by atoms with E-state index in [2.05, 4.69) is 26.7 Å². The van der Waals surface area contributed by atoms with E-state index in [-0.39, 0.29) is 0 Å². The van der Waals surface area contributed by atoms with Gasteiger partial charge in [-0.05, 0) is 26.3 Å². The highest BCUT2D eigenvalue weighted by Crippen LogP contribution is 2.34. The molecule has 2 N–H and O–H groups in total. The van der Waals surface area contributed by atoms with Gasteiger partial charge >= 0.3 is 0 Å². The van der Waals surface area contributed by atoms with Gasteiger partial charge in [0.25, 0.3) is 0 Å². The van der Waals surface area contributed by atoms with Gasteiger partial charge in [0, 0.05) is 25.2 Å². The molecule has 19 heavy (non-hydrogen) atoms. The van der Waals surface area contributed by atoms with Crippen molar-refractivity contribution in [3.05, 3.63) is 6.33 Å². The van der Waals surface area contributed by atoms with Crippen LogP contribution in [0.25, 0.3) is 0 Å². The highest BCUT2D eigenvalue weighted by molar-refractivity contribution is 5.63. The van der Waals surface area contributed by atoms with E-state index < -0.39 is 0 Å². The number of piperazine rings is 1. The number of nitrogens with two attached hydrogens (primary N) is 1. The average molecular weight is 263 g/mol. The van der Waals surface area contributed by atoms with E-state index in [1.165, 1.54) is 25.7 Å². The zero-order valence-electron chi connectivity index (χ0n) is 11.5. The Hall–Kier alpha value is -1.56. The second kappa shape index (κ2) is 4.85. The zero-order chi connectivity index (χ0) is 13.4. The lowest BCUT2D eigenvalue weighted by molar-refractivity contribution is 0.201. The van der Waals surface area contributed by atoms with E-state index >= 15 is 0 Å². The summed E-state index contributed by atoms with van der Waals surface area (Å²) in [6.45, 7) is 5.53. The van der Waals surface area contributed by atoms with Crippen molar-refractivity contribution in [2.45, 2.75) is 31.8 Å². The molecule has 0 aromatic carbocycles. The van der Waals surface area contributed by atoms with Crippen LogP contribution in [0.4, 0.5) is 11.6 Å². The van der Waals surface area contributed by atoms with Crippen LogP contribution in [0, 0.1) is 0 Å². The van der Waals surface area contributed by atoms with Crippen LogP contribution in [-0.2, 0) is 0 Å². The van der Waals surface area contributed by atoms with Gasteiger partial charge in [-0.3, -0.25) is 4.90 Å². The minimum absolute atomic E-state index is 0.411. The van der Waals surface area contributed by atoms with Crippen molar-refractivity contribution >= 4 is 11.6 Å². The lowest BCUT2D eigenvalue weighted by Gasteiger charge is -2.43. The number of rotatable bonds is 2. The Morgan fingerprint density at radius 2 is 2.21 bits per heavy atom. The molecule has 2 aliphatic rings. The summed E-state index contributed by atoms with van der Waals surface area (Å²) >= 11 is 0. The average Bonchev–Trinajstić information content (AvgIpc) is 2.84. The van der Waals surface area contributed by atoms with E-state index in [4.69, 9.17) is 10.5 Å². The Morgan fingerprint density at radius 3 is 3.00 bits per heavy atom. The van der Waals surface area contributed by atoms with Crippen molar-refractivity contribution in [2.75, 3.05) is 37.4 Å². The van der Waals surface area contributed by atoms with Gasteiger partial charge < -0.3 is 15.4 Å². The fourth-order valence-electron chi connectivity index (χ4n) is 3.26. The van der Waals surface area contributed by atoms with Crippen LogP contribution in [-0.4, -0.2) is 53.7 Å². The summed E-state index contributed by atoms with van der Waals surface area (Å²) in [4.78, 5) is 13.3. The Kier molecular flexibility index (Phi) is 3.18. The van der Waals surface area contributed by atoms with Crippen molar-refractivity contribution in [3.8, 4) is 5.75 Å². The molecule has 1 aromatic heterocycles. The minimum atomic E-state index is 0.411. The molecule has 2 unspecified atom stereocenters. The first-order chi connectivity index (χ1) is 9.20. The number of hydrogen-bond donors (Lipinski definition) is 1. The molecule has 0 spiro atoms. The highest BCUT2D eigenvalue weighted by atomic mass is 16.5. The van der Waals surface area contributed by atoms with Crippen molar-refractivity contribution in [1.82, 2.24) is 14.9 Å². The first-order valence-corrected chi connectivity index (χ1v) is 6.86. The molecule has 2 saturated heterocycles. The smallest absolute Gasteiger partial charge is 0.204 e. The summed E-state index contributed by atoms with van der Waals surface area (Å²) < 4.78 is 5.38. The largest absolute Gasteiger partial charge is 0.490 e. The van der Waals surface area contributed by atoms with E-state index in [1.54, 1.807) is 7.11 Å². The third-order valence-corrected chi connectivity index (χ3v) is 4.23. The van der Waals surface area contributed by atoms with Gasteiger partial charge in [0.2, 0.25) is 5.75 Å². The van der Waals surface area contributed by atoms with Crippen LogP contribution in [0.1, 0.15) is 19.8 Å². The van der Waals surface area contributed by atoms with E-state index in [9.17, 15) is 0 Å². The number of nitrogen functional groups attached to an aromatic ring is 1. The second-order valence-corrected chi connectivity index (χ2v) is 5.41. The van der Waals surface area contributed by atoms with Gasteiger partial charge in [-0.25, -0.2) is 9.97 Å². The lowest BCUT2D eigenvalue weighted by atomic mass is 10.1. The molecule has 6 heteroatoms. The molecule has 0 amide bonds. The van der Waals surface area contributed by atoms with Gasteiger partial charge in [0.15, 0.2) is 11.6 Å². The molecular formula is C13H21N5O. The predicted octanol–water partition coefficient (Wildman–Crippen LogP) is 0.740. The van der Waals surface area contributed by atoms with E-state index in [0.29, 0.717) is 23.7 Å². The van der Waals surface area contributed by atoms with E-state index in [1.807, 2.05) is 0 Å². The monoisotopic (exact) mass is 263 g/mol. The molecule has 6 nitrogen and oxygen atoms in total. The first kappa shape index (κ1) is 12.5. The Morgan fingerprint density at radius 1 is 1.37 bits per heavy atom. The summed E-state index contributed by atoms with van der Waals surface area (Å²) in [6.07, 6.45) is 4.08. The number of fused-ring (bicyclic) bond motifs is 1. The number of hydrogen-bond acceptors (Lipinski definition) is 6. The topological polar surface area (TPSA) is 67.5 Å². The summed E-state index contributed by atoms with van der Waals surface area (Å²) in [5.74, 6) is 1.84. The maximum atomic E-state index is 5.88. The Bertz CT molecular complexity index is 466. The molecule has 0 bridgehead atoms. The van der Waals surface area contributed by atoms with Gasteiger partial charge in [-0.1, -0.05) is 0 Å². The molecule has 3 rings (SSSR count). The van der Waals surface area contributed by atoms with Gasteiger partial charge in [0.1, 0.15) is 6.33 Å². The molecule has 104 valence electrons. The SMILES string of the molecule is COc1c(N)ncnc1N1CC2CCCN2CC1C. The Labute approximate surface area is 113 Å². The number of anilines is 2. The molecular weight excluding hydrogens is 242 g/mol. The maximum Gasteiger partial charge on any atom is 0.204 e. The molecule has 3 heterocycles. The van der Waals surface area contributed by atoms with E-state index in [0.717, 1.165) is 18.9 Å². The lowest BCUT2D eigenvalue weighted by Crippen LogP contribution is -2.55. The normalized spacial score (nSPS) is 27.4. The van der Waals surface area contributed by atoms with Crippen molar-refractivity contribution in [2.24, 2.45) is 0 Å². The molecule has 0 aliphatic carbocycles. The standard InChI is InChI=1S/C13H21N5O/c1-9-6-17-5-3-4-10(17)7-18(9)13-11(19-2)12(14)15-8-16-13/h8-10H,3-7H2,1-2H3,(H2,14,15,16). The summed E-state index contributed by atoms with van der Waals surface area (Å²) in [5, 5.41) is 0. The van der Waals surface area contributed by atoms with Gasteiger partial charge in [0.05, 0.1) is 7.11 Å². The molecule has 0 radical (unpaired) electrons. The highest BCUT2D eigenvalue weighted by Gasteiger charge is 2.36. The second-order valence-electron chi connectivity index (χ2n) is 5.41. The maximum absolute atomic E-state index is 5.88. The predicted molar refractivity (Wildman–Crippen MR) is 74.4 cm³/mol. The molecule has 2 atom stereocenters. The van der Waals surface area contributed by atoms with Gasteiger partial charge in [-0.15, -0.1) is 0 Å². The summed E-state index contributed by atoms with van der Waals surface area (Å²) in [7, 11) is 1.62. The third kappa shape index (κ3) is 2.10. The zero-order valence-corrected chi connectivity index (χ0v) is 11.5. The number of nitrogens with zero attached hydrogens (tertiary/aromatic N) is 4. The van der Waals surface area contributed by atoms with Gasteiger partial charge in [-0.2, -0.15) is 0 Å². The molecule has 1 aromatic rings. The van der Waals surface area contributed by atoms with Crippen LogP contribution in [0.3, 0.4) is 0 Å². The van der Waals surface area contributed by atoms with Crippen LogP contribution >= 0.6 is 0 Å². The third-order valence-electron chi connectivity index (χ3n) is 4.23. The Balaban J connectivity index is 1.91. The van der Waals surface area contributed by atoms with Crippen LogP contribution in [0.2, 0.25) is 0 Å². The minimum Gasteiger partial charge on any atom is -0.490 e. The van der Waals surface area contributed by atoms with Crippen molar-refractivity contribution < 1.29 is 4.74 Å². The van der Waals surface area contributed by atoms with Crippen LogP contribution < -0.4 is 15.4 Å². The molecule has 2 fully saturated rings. The summed E-state index contributed by atoms with van der Waals surface area (Å²) in [5.41, 5.74) is 5.88. The first-order valence-electron chi connectivity index (χ1n) is 6.86. The summed E-state index contributed by atoms with van der Waals surface area (Å²) in [6, 6.07) is 1.05.